The fraction of sp³-hybridized carbons (Fsp3) is 0.0909. The van der Waals surface area contributed by atoms with Gasteiger partial charge in [-0.2, -0.15) is 0 Å². The minimum atomic E-state index is -1.24. The van der Waals surface area contributed by atoms with Crippen molar-refractivity contribution in [2.45, 2.75) is 6.92 Å². The number of aryl methyl sites for hydroxylation is 1. The van der Waals surface area contributed by atoms with Gasteiger partial charge in [0.2, 0.25) is 0 Å². The van der Waals surface area contributed by atoms with Crippen LogP contribution in [-0.2, 0) is 0 Å². The third kappa shape index (κ3) is 2.34. The Balaban J connectivity index is 2.72. The first-order valence-electron chi connectivity index (χ1n) is 5.05. The predicted octanol–water partition coefficient (Wildman–Crippen LogP) is 3.02. The molecule has 2 rings (SSSR count). The van der Waals surface area contributed by atoms with E-state index >= 15 is 0 Å². The normalized spacial score (nSPS) is 10.4. The maximum Gasteiger partial charge on any atom is 0.341 e. The lowest BCUT2D eigenvalue weighted by molar-refractivity contribution is -0.384. The zero-order valence-electron chi connectivity index (χ0n) is 9.58. The van der Waals surface area contributed by atoms with Crippen LogP contribution in [0.3, 0.4) is 0 Å². The van der Waals surface area contributed by atoms with Gasteiger partial charge in [-0.3, -0.25) is 10.1 Å². The summed E-state index contributed by atoms with van der Waals surface area (Å²) in [5, 5.41) is 23.7. The smallest absolute Gasteiger partial charge is 0.341 e. The maximum absolute atomic E-state index is 11.1. The molecule has 0 radical (unpaired) electrons. The molecule has 0 aliphatic rings. The summed E-state index contributed by atoms with van der Waals surface area (Å²) in [6.07, 6.45) is 0. The van der Waals surface area contributed by atoms with E-state index in [9.17, 15) is 14.9 Å². The molecular weight excluding hydrogens is 320 g/mol. The molecular formula is C11H7BrN2O5. The van der Waals surface area contributed by atoms with Gasteiger partial charge < -0.3 is 9.63 Å². The van der Waals surface area contributed by atoms with Gasteiger partial charge in [-0.1, -0.05) is 21.1 Å². The van der Waals surface area contributed by atoms with Gasteiger partial charge in [-0.05, 0) is 19.1 Å². The van der Waals surface area contributed by atoms with Crippen LogP contribution in [0.1, 0.15) is 16.1 Å². The molecule has 19 heavy (non-hydrogen) atoms. The molecule has 0 amide bonds. The van der Waals surface area contributed by atoms with E-state index < -0.39 is 10.9 Å². The lowest BCUT2D eigenvalue weighted by Crippen LogP contribution is -2.01. The molecule has 98 valence electrons. The predicted molar refractivity (Wildman–Crippen MR) is 68.0 cm³/mol. The first kappa shape index (κ1) is 13.2. The molecule has 8 heteroatoms. The number of carbonyl (C=O) groups is 1. The van der Waals surface area contributed by atoms with Crippen LogP contribution in [0.5, 0.6) is 0 Å². The fourth-order valence-electron chi connectivity index (χ4n) is 1.66. The van der Waals surface area contributed by atoms with Crippen molar-refractivity contribution in [2.75, 3.05) is 0 Å². The number of nitro groups is 1. The molecule has 0 aliphatic carbocycles. The van der Waals surface area contributed by atoms with Crippen molar-refractivity contribution < 1.29 is 19.3 Å². The molecule has 1 heterocycles. The topological polar surface area (TPSA) is 106 Å². The monoisotopic (exact) mass is 326 g/mol. The van der Waals surface area contributed by atoms with E-state index in [1.165, 1.54) is 19.1 Å². The molecule has 0 fully saturated rings. The number of benzene rings is 1. The lowest BCUT2D eigenvalue weighted by atomic mass is 10.0. The summed E-state index contributed by atoms with van der Waals surface area (Å²) < 4.78 is 5.33. The number of hydrogen-bond donors (Lipinski definition) is 1. The highest BCUT2D eigenvalue weighted by atomic mass is 79.9. The van der Waals surface area contributed by atoms with E-state index in [-0.39, 0.29) is 28.3 Å². The summed E-state index contributed by atoms with van der Waals surface area (Å²) in [4.78, 5) is 21.6. The van der Waals surface area contributed by atoms with Crippen LogP contribution in [0.25, 0.3) is 11.3 Å². The van der Waals surface area contributed by atoms with Crippen molar-refractivity contribution in [2.24, 2.45) is 0 Å². The Morgan fingerprint density at radius 3 is 2.79 bits per heavy atom. The summed E-state index contributed by atoms with van der Waals surface area (Å²) in [6.45, 7) is 1.44. The van der Waals surface area contributed by atoms with Crippen molar-refractivity contribution in [3.8, 4) is 11.3 Å². The Hall–Kier alpha value is -2.22. The highest BCUT2D eigenvalue weighted by Crippen LogP contribution is 2.34. The van der Waals surface area contributed by atoms with Crippen LogP contribution in [0.4, 0.5) is 5.69 Å². The molecule has 1 aromatic heterocycles. The quantitative estimate of drug-likeness (QED) is 0.686. The Bertz CT molecular complexity index is 680. The minimum absolute atomic E-state index is 0.0517. The average Bonchev–Trinajstić information content (AvgIpc) is 2.70. The second kappa shape index (κ2) is 4.81. The molecule has 0 bridgehead atoms. The van der Waals surface area contributed by atoms with Crippen molar-refractivity contribution >= 4 is 27.6 Å². The molecule has 0 saturated carbocycles. The third-order valence-electron chi connectivity index (χ3n) is 2.49. The van der Waals surface area contributed by atoms with Gasteiger partial charge in [0.05, 0.1) is 10.5 Å². The molecule has 0 atom stereocenters. The van der Waals surface area contributed by atoms with Crippen molar-refractivity contribution in [1.29, 1.82) is 0 Å². The van der Waals surface area contributed by atoms with Crippen LogP contribution < -0.4 is 0 Å². The number of aromatic nitrogens is 1. The summed E-state index contributed by atoms with van der Waals surface area (Å²) in [7, 11) is 0. The molecule has 0 saturated heterocycles. The molecule has 7 nitrogen and oxygen atoms in total. The number of nitro benzene ring substituents is 1. The molecule has 1 aromatic carbocycles. The van der Waals surface area contributed by atoms with Crippen molar-refractivity contribution in [3.63, 3.8) is 0 Å². The van der Waals surface area contributed by atoms with Gasteiger partial charge in [-0.25, -0.2) is 4.79 Å². The largest absolute Gasteiger partial charge is 0.477 e. The van der Waals surface area contributed by atoms with E-state index in [0.717, 1.165) is 0 Å². The fourth-order valence-corrected chi connectivity index (χ4v) is 2.01. The Kier molecular flexibility index (Phi) is 3.34. The molecule has 0 aliphatic heterocycles. The molecule has 2 aromatic rings. The van der Waals surface area contributed by atoms with E-state index in [4.69, 9.17) is 9.63 Å². The number of hydrogen-bond acceptors (Lipinski definition) is 5. The number of rotatable bonds is 3. The van der Waals surface area contributed by atoms with E-state index in [0.29, 0.717) is 4.47 Å². The van der Waals surface area contributed by atoms with Gasteiger partial charge in [0.15, 0.2) is 0 Å². The second-order valence-corrected chi connectivity index (χ2v) is 4.60. The van der Waals surface area contributed by atoms with Crippen molar-refractivity contribution in [3.05, 3.63) is 44.1 Å². The first-order chi connectivity index (χ1) is 8.91. The van der Waals surface area contributed by atoms with Crippen LogP contribution >= 0.6 is 15.9 Å². The Labute approximate surface area is 115 Å². The van der Waals surface area contributed by atoms with Gasteiger partial charge in [0.1, 0.15) is 17.0 Å². The molecule has 0 unspecified atom stereocenters. The summed E-state index contributed by atoms with van der Waals surface area (Å²) in [5.41, 5.74) is -0.373. The average molecular weight is 327 g/mol. The summed E-state index contributed by atoms with van der Waals surface area (Å²) >= 11 is 3.13. The highest BCUT2D eigenvalue weighted by molar-refractivity contribution is 9.10. The Morgan fingerprint density at radius 2 is 2.21 bits per heavy atom. The number of carboxylic acids is 1. The van der Waals surface area contributed by atoms with Gasteiger partial charge in [0, 0.05) is 10.5 Å². The SMILES string of the molecule is Cc1onc(-c2ccc(Br)cc2[N+](=O)[O-])c1C(=O)O. The first-order valence-corrected chi connectivity index (χ1v) is 5.85. The van der Waals surface area contributed by atoms with Crippen LogP contribution in [0.2, 0.25) is 0 Å². The lowest BCUT2D eigenvalue weighted by Gasteiger charge is -2.01. The second-order valence-electron chi connectivity index (χ2n) is 3.69. The van der Waals surface area contributed by atoms with E-state index in [2.05, 4.69) is 21.1 Å². The summed E-state index contributed by atoms with van der Waals surface area (Å²) in [6, 6.07) is 4.27. The summed E-state index contributed by atoms with van der Waals surface area (Å²) in [5.74, 6) is -1.15. The number of halogens is 1. The van der Waals surface area contributed by atoms with Crippen molar-refractivity contribution in [1.82, 2.24) is 5.16 Å². The Morgan fingerprint density at radius 1 is 1.53 bits per heavy atom. The van der Waals surface area contributed by atoms with Gasteiger partial charge in [-0.15, -0.1) is 0 Å². The number of aromatic carboxylic acids is 1. The zero-order valence-corrected chi connectivity index (χ0v) is 11.2. The zero-order chi connectivity index (χ0) is 14.2. The standard InChI is InChI=1S/C11H7BrN2O5/c1-5-9(11(15)16)10(13-19-5)7-3-2-6(12)4-8(7)14(17)18/h2-4H,1H3,(H,15,16). The minimum Gasteiger partial charge on any atom is -0.477 e. The third-order valence-corrected chi connectivity index (χ3v) is 2.98. The maximum atomic E-state index is 11.1. The van der Waals surface area contributed by atoms with Gasteiger partial charge >= 0.3 is 5.97 Å². The number of carboxylic acid groups (broad SMARTS) is 1. The number of nitrogens with zero attached hydrogens (tertiary/aromatic N) is 2. The molecule has 0 spiro atoms. The van der Waals surface area contributed by atoms with Gasteiger partial charge in [0.25, 0.3) is 5.69 Å². The van der Waals surface area contributed by atoms with E-state index in [1.54, 1.807) is 6.07 Å². The highest BCUT2D eigenvalue weighted by Gasteiger charge is 2.26. The molecule has 1 N–H and O–H groups in total. The van der Waals surface area contributed by atoms with Crippen LogP contribution in [0, 0.1) is 17.0 Å². The van der Waals surface area contributed by atoms with Crippen LogP contribution in [-0.4, -0.2) is 21.2 Å². The van der Waals surface area contributed by atoms with Crippen LogP contribution in [0.15, 0.2) is 27.2 Å². The van der Waals surface area contributed by atoms with E-state index in [1.807, 2.05) is 0 Å².